The molecular formula is C13H8FNO5S. The number of hydrogen-bond donors (Lipinski definition) is 3. The first-order valence-electron chi connectivity index (χ1n) is 5.56. The Morgan fingerprint density at radius 3 is 2.38 bits per heavy atom. The lowest BCUT2D eigenvalue weighted by molar-refractivity contribution is -0.147. The van der Waals surface area contributed by atoms with Crippen LogP contribution < -0.4 is 5.32 Å². The Balaban J connectivity index is 2.47. The summed E-state index contributed by atoms with van der Waals surface area (Å²) < 4.78 is 13.7. The highest BCUT2D eigenvalue weighted by Crippen LogP contribution is 2.36. The maximum atomic E-state index is 13.7. The topological polar surface area (TPSA) is 104 Å². The van der Waals surface area contributed by atoms with Crippen molar-refractivity contribution in [2.75, 3.05) is 5.32 Å². The predicted octanol–water partition coefficient (Wildman–Crippen LogP) is 2.28. The minimum Gasteiger partial charge on any atom is -0.478 e. The molecule has 3 N–H and O–H groups in total. The normalized spacial score (nSPS) is 10.1. The molecule has 0 aliphatic carbocycles. The van der Waals surface area contributed by atoms with Crippen LogP contribution in [0.5, 0.6) is 0 Å². The molecule has 1 amide bonds. The molecule has 2 rings (SSSR count). The number of hydrogen-bond acceptors (Lipinski definition) is 4. The van der Waals surface area contributed by atoms with Crippen LogP contribution in [0.4, 0.5) is 9.39 Å². The van der Waals surface area contributed by atoms with Crippen LogP contribution in [-0.4, -0.2) is 28.1 Å². The number of amides is 1. The minimum atomic E-state index is -1.74. The van der Waals surface area contributed by atoms with Gasteiger partial charge in [-0.1, -0.05) is 18.2 Å². The molecule has 6 nitrogen and oxygen atoms in total. The van der Waals surface area contributed by atoms with Crippen molar-refractivity contribution < 1.29 is 29.0 Å². The first-order valence-corrected chi connectivity index (χ1v) is 6.38. The molecule has 0 fully saturated rings. The van der Waals surface area contributed by atoms with Crippen LogP contribution in [0.15, 0.2) is 30.3 Å². The van der Waals surface area contributed by atoms with Crippen molar-refractivity contribution in [3.05, 3.63) is 41.7 Å². The summed E-state index contributed by atoms with van der Waals surface area (Å²) in [7, 11) is 0. The van der Waals surface area contributed by atoms with Crippen LogP contribution in [0.25, 0.3) is 10.4 Å². The molecule has 0 radical (unpaired) electrons. The number of benzene rings is 1. The lowest BCUT2D eigenvalue weighted by atomic mass is 10.1. The number of carboxylic acids is 2. The van der Waals surface area contributed by atoms with Gasteiger partial charge in [0.05, 0.1) is 5.56 Å². The zero-order valence-corrected chi connectivity index (χ0v) is 11.1. The summed E-state index contributed by atoms with van der Waals surface area (Å²) >= 11 is 0.785. The number of aromatic carboxylic acids is 1. The maximum Gasteiger partial charge on any atom is 0.394 e. The molecule has 21 heavy (non-hydrogen) atoms. The standard InChI is InChI=1S/C13H8FNO5S/c14-8-4-2-1-3-6(8)9-5-7(12(17)18)11(21-9)15-10(16)13(19)20/h1-5H,(H,15,16)(H,17,18)(H,19,20). The number of carbonyl (C=O) groups excluding carboxylic acids is 1. The first-order chi connectivity index (χ1) is 9.90. The zero-order chi connectivity index (χ0) is 15.6. The van der Waals surface area contributed by atoms with Crippen LogP contribution in [-0.2, 0) is 9.59 Å². The van der Waals surface area contributed by atoms with Gasteiger partial charge in [0.15, 0.2) is 0 Å². The maximum absolute atomic E-state index is 13.7. The van der Waals surface area contributed by atoms with Gasteiger partial charge in [-0.3, -0.25) is 4.79 Å². The van der Waals surface area contributed by atoms with E-state index in [1.165, 1.54) is 24.3 Å². The smallest absolute Gasteiger partial charge is 0.394 e. The molecule has 1 heterocycles. The summed E-state index contributed by atoms with van der Waals surface area (Å²) in [6, 6.07) is 6.91. The van der Waals surface area contributed by atoms with Gasteiger partial charge in [-0.2, -0.15) is 0 Å². The Morgan fingerprint density at radius 2 is 1.81 bits per heavy atom. The van der Waals surface area contributed by atoms with Crippen molar-refractivity contribution in [2.45, 2.75) is 0 Å². The van der Waals surface area contributed by atoms with Crippen molar-refractivity contribution >= 4 is 34.2 Å². The zero-order valence-electron chi connectivity index (χ0n) is 10.3. The van der Waals surface area contributed by atoms with Gasteiger partial charge in [0, 0.05) is 10.4 Å². The molecule has 8 heteroatoms. The first kappa shape index (κ1) is 14.7. The van der Waals surface area contributed by atoms with Gasteiger partial charge < -0.3 is 15.5 Å². The molecule has 0 spiro atoms. The van der Waals surface area contributed by atoms with Crippen molar-refractivity contribution in [3.8, 4) is 10.4 Å². The van der Waals surface area contributed by atoms with Crippen molar-refractivity contribution in [3.63, 3.8) is 0 Å². The summed E-state index contributed by atoms with van der Waals surface area (Å²) in [6.45, 7) is 0. The largest absolute Gasteiger partial charge is 0.478 e. The van der Waals surface area contributed by atoms with Crippen LogP contribution in [0.3, 0.4) is 0 Å². The van der Waals surface area contributed by atoms with Gasteiger partial charge in [0.1, 0.15) is 10.8 Å². The summed E-state index contributed by atoms with van der Waals surface area (Å²) in [6.07, 6.45) is 0. The third-order valence-corrected chi connectivity index (χ3v) is 3.61. The Morgan fingerprint density at radius 1 is 1.14 bits per heavy atom. The third-order valence-electron chi connectivity index (χ3n) is 2.52. The van der Waals surface area contributed by atoms with E-state index in [2.05, 4.69) is 0 Å². The highest BCUT2D eigenvalue weighted by molar-refractivity contribution is 7.20. The molecule has 1 aromatic carbocycles. The monoisotopic (exact) mass is 309 g/mol. The molecule has 0 bridgehead atoms. The molecule has 0 saturated heterocycles. The Hall–Kier alpha value is -2.74. The molecule has 1 aromatic heterocycles. The second kappa shape index (κ2) is 5.71. The summed E-state index contributed by atoms with van der Waals surface area (Å²) in [5.74, 6) is -5.01. The summed E-state index contributed by atoms with van der Waals surface area (Å²) in [5.41, 5.74) is -0.131. The van der Waals surface area contributed by atoms with Gasteiger partial charge in [-0.25, -0.2) is 14.0 Å². The number of halogens is 1. The second-order valence-corrected chi connectivity index (χ2v) is 4.95. The lowest BCUT2D eigenvalue weighted by Crippen LogP contribution is -2.22. The average molecular weight is 309 g/mol. The number of carboxylic acid groups (broad SMARTS) is 2. The van der Waals surface area contributed by atoms with E-state index in [1.807, 2.05) is 5.32 Å². The quantitative estimate of drug-likeness (QED) is 0.755. The van der Waals surface area contributed by atoms with Gasteiger partial charge in [-0.05, 0) is 12.1 Å². The van der Waals surface area contributed by atoms with Gasteiger partial charge in [-0.15, -0.1) is 11.3 Å². The Bertz CT molecular complexity index is 740. The van der Waals surface area contributed by atoms with Crippen LogP contribution in [0.2, 0.25) is 0 Å². The Kier molecular flexibility index (Phi) is 3.99. The number of anilines is 1. The fourth-order valence-electron chi connectivity index (χ4n) is 1.59. The molecular weight excluding hydrogens is 301 g/mol. The number of aliphatic carboxylic acids is 1. The fourth-order valence-corrected chi connectivity index (χ4v) is 2.67. The number of nitrogens with one attached hydrogen (secondary N) is 1. The van der Waals surface area contributed by atoms with E-state index < -0.39 is 23.7 Å². The fraction of sp³-hybridized carbons (Fsp3) is 0. The van der Waals surface area contributed by atoms with E-state index in [0.29, 0.717) is 0 Å². The molecule has 0 aliphatic heterocycles. The van der Waals surface area contributed by atoms with Gasteiger partial charge >= 0.3 is 17.8 Å². The molecule has 0 aliphatic rings. The molecule has 2 aromatic rings. The Labute approximate surface area is 121 Å². The second-order valence-electron chi connectivity index (χ2n) is 3.90. The lowest BCUT2D eigenvalue weighted by Gasteiger charge is -1.99. The van der Waals surface area contributed by atoms with E-state index >= 15 is 0 Å². The molecule has 0 saturated carbocycles. The molecule has 0 unspecified atom stereocenters. The predicted molar refractivity (Wildman–Crippen MR) is 72.9 cm³/mol. The van der Waals surface area contributed by atoms with Gasteiger partial charge in [0.25, 0.3) is 0 Å². The van der Waals surface area contributed by atoms with Gasteiger partial charge in [0.2, 0.25) is 0 Å². The van der Waals surface area contributed by atoms with E-state index in [9.17, 15) is 18.8 Å². The van der Waals surface area contributed by atoms with Crippen molar-refractivity contribution in [1.82, 2.24) is 0 Å². The molecule has 108 valence electrons. The number of carbonyl (C=O) groups is 3. The highest BCUT2D eigenvalue weighted by Gasteiger charge is 2.21. The summed E-state index contributed by atoms with van der Waals surface area (Å²) in [4.78, 5) is 33.0. The molecule has 0 atom stereocenters. The van der Waals surface area contributed by atoms with Crippen molar-refractivity contribution in [2.24, 2.45) is 0 Å². The van der Waals surface area contributed by atoms with Crippen LogP contribution >= 0.6 is 11.3 Å². The van der Waals surface area contributed by atoms with E-state index in [0.717, 1.165) is 11.3 Å². The average Bonchev–Trinajstić information content (AvgIpc) is 2.83. The highest BCUT2D eigenvalue weighted by atomic mass is 32.1. The number of rotatable bonds is 3. The van der Waals surface area contributed by atoms with E-state index in [-0.39, 0.29) is 21.0 Å². The van der Waals surface area contributed by atoms with E-state index in [1.54, 1.807) is 6.07 Å². The van der Waals surface area contributed by atoms with E-state index in [4.69, 9.17) is 10.2 Å². The SMILES string of the molecule is O=C(O)C(=O)Nc1sc(-c2ccccc2F)cc1C(=O)O. The minimum absolute atomic E-state index is 0.159. The van der Waals surface area contributed by atoms with Crippen molar-refractivity contribution in [1.29, 1.82) is 0 Å². The van der Waals surface area contributed by atoms with Crippen LogP contribution in [0, 0.1) is 5.82 Å². The van der Waals surface area contributed by atoms with Crippen LogP contribution in [0.1, 0.15) is 10.4 Å². The summed E-state index contributed by atoms with van der Waals surface area (Å²) in [5, 5.41) is 19.4. The number of thiophene rings is 1. The third kappa shape index (κ3) is 3.06.